The van der Waals surface area contributed by atoms with Gasteiger partial charge in [-0.2, -0.15) is 0 Å². The molecule has 0 aromatic heterocycles. The standard InChI is InChI=1S/C34H63N4O10P/c39-25-26(20-22-29(40)35-24-16-15-17-28(38-49)34(47)48)36-31(42)23-21-27(33(45)46)37-30(41)18-13-11-9-7-5-3-1-2-4-6-8-10-12-14-19-32(43)44/h26-28,38-39H,1-25,49H2,(H,35,40)(H,36,42)(H,37,41)(H,43,44)(H,45,46)(H,47,48)/t26-,27-,28-/m0/s1. The molecule has 0 spiro atoms. The van der Waals surface area contributed by atoms with Crippen LogP contribution in [0.5, 0.6) is 0 Å². The van der Waals surface area contributed by atoms with Crippen LogP contribution in [-0.4, -0.2) is 87.3 Å². The van der Waals surface area contributed by atoms with Crippen LogP contribution in [0.2, 0.25) is 0 Å². The number of nitrogens with one attached hydrogen (secondary N) is 4. The van der Waals surface area contributed by atoms with Gasteiger partial charge in [0.05, 0.1) is 12.6 Å². The van der Waals surface area contributed by atoms with E-state index in [9.17, 15) is 39.0 Å². The molecular formula is C34H63N4O10P. The second kappa shape index (κ2) is 31.2. The van der Waals surface area contributed by atoms with Crippen molar-refractivity contribution in [3.8, 4) is 0 Å². The Bertz CT molecular complexity index is 956. The summed E-state index contributed by atoms with van der Waals surface area (Å²) >= 11 is 0. The van der Waals surface area contributed by atoms with Gasteiger partial charge in [-0.1, -0.05) is 86.4 Å². The first kappa shape index (κ1) is 46.2. The van der Waals surface area contributed by atoms with Gasteiger partial charge in [0.1, 0.15) is 12.1 Å². The van der Waals surface area contributed by atoms with Gasteiger partial charge in [-0.05, 0) is 44.9 Å². The van der Waals surface area contributed by atoms with Crippen LogP contribution in [0.4, 0.5) is 0 Å². The highest BCUT2D eigenvalue weighted by Gasteiger charge is 2.22. The number of carbonyl (C=O) groups is 6. The summed E-state index contributed by atoms with van der Waals surface area (Å²) in [6.07, 6.45) is 17.0. The van der Waals surface area contributed by atoms with Gasteiger partial charge >= 0.3 is 17.9 Å². The molecule has 1 unspecified atom stereocenters. The molecule has 0 saturated heterocycles. The maximum atomic E-state index is 12.4. The summed E-state index contributed by atoms with van der Waals surface area (Å²) in [6.45, 7) is -0.0134. The second-order valence-electron chi connectivity index (χ2n) is 12.7. The van der Waals surface area contributed by atoms with Crippen molar-refractivity contribution in [1.82, 2.24) is 21.0 Å². The lowest BCUT2D eigenvalue weighted by molar-refractivity contribution is -0.142. The van der Waals surface area contributed by atoms with E-state index in [1.807, 2.05) is 0 Å². The van der Waals surface area contributed by atoms with E-state index in [2.05, 4.69) is 30.4 Å². The van der Waals surface area contributed by atoms with Crippen molar-refractivity contribution < 1.29 is 49.2 Å². The number of carboxylic acids is 3. The first-order valence-electron chi connectivity index (χ1n) is 18.1. The molecule has 284 valence electrons. The lowest BCUT2D eigenvalue weighted by atomic mass is 10.0. The minimum Gasteiger partial charge on any atom is -0.481 e. The lowest BCUT2D eigenvalue weighted by Gasteiger charge is -2.18. The summed E-state index contributed by atoms with van der Waals surface area (Å²) in [5.41, 5.74) is 0. The van der Waals surface area contributed by atoms with Crippen LogP contribution < -0.4 is 21.0 Å². The minimum atomic E-state index is -1.23. The smallest absolute Gasteiger partial charge is 0.326 e. The topological polar surface area (TPSA) is 231 Å². The molecule has 0 saturated carbocycles. The summed E-state index contributed by atoms with van der Waals surface area (Å²) < 4.78 is 0. The molecule has 0 aliphatic rings. The number of carbonyl (C=O) groups excluding carboxylic acids is 3. The van der Waals surface area contributed by atoms with Crippen molar-refractivity contribution in [2.24, 2.45) is 0 Å². The van der Waals surface area contributed by atoms with E-state index in [1.165, 1.54) is 38.5 Å². The second-order valence-corrected chi connectivity index (χ2v) is 13.1. The third kappa shape index (κ3) is 28.7. The predicted molar refractivity (Wildman–Crippen MR) is 190 cm³/mol. The van der Waals surface area contributed by atoms with Crippen LogP contribution >= 0.6 is 9.39 Å². The number of hydrogen-bond acceptors (Lipinski definition) is 8. The first-order chi connectivity index (χ1) is 23.5. The van der Waals surface area contributed by atoms with Crippen LogP contribution in [0, 0.1) is 0 Å². The highest BCUT2D eigenvalue weighted by Crippen LogP contribution is 2.14. The average molecular weight is 719 g/mol. The normalized spacial score (nSPS) is 12.9. The van der Waals surface area contributed by atoms with Crippen molar-refractivity contribution in [1.29, 1.82) is 0 Å². The fraction of sp³-hybridized carbons (Fsp3) is 0.824. The molecule has 14 nitrogen and oxygen atoms in total. The molecule has 0 bridgehead atoms. The maximum absolute atomic E-state index is 12.4. The van der Waals surface area contributed by atoms with Crippen molar-refractivity contribution in [3.05, 3.63) is 0 Å². The number of amides is 3. The zero-order valence-corrected chi connectivity index (χ0v) is 30.4. The highest BCUT2D eigenvalue weighted by atomic mass is 31.0. The molecule has 49 heavy (non-hydrogen) atoms. The monoisotopic (exact) mass is 718 g/mol. The number of unbranched alkanes of at least 4 members (excludes halogenated alkanes) is 14. The third-order valence-electron chi connectivity index (χ3n) is 8.38. The Morgan fingerprint density at radius 3 is 1.43 bits per heavy atom. The molecule has 8 N–H and O–H groups in total. The molecule has 0 rings (SSSR count). The van der Waals surface area contributed by atoms with E-state index in [0.717, 1.165) is 44.9 Å². The number of aliphatic carboxylic acids is 3. The van der Waals surface area contributed by atoms with E-state index in [0.29, 0.717) is 32.2 Å². The largest absolute Gasteiger partial charge is 0.481 e. The SMILES string of the molecule is O=C(O)CCCCCCCCCCCCCCCCC(=O)N[C@@H](CCC(=O)N[C@H](CO)CCC(=O)NCCCC[C@H](NP)C(=O)O)C(=O)O. The van der Waals surface area contributed by atoms with Crippen LogP contribution in [-0.2, 0) is 28.8 Å². The van der Waals surface area contributed by atoms with Crippen LogP contribution in [0.15, 0.2) is 0 Å². The van der Waals surface area contributed by atoms with Crippen LogP contribution in [0.25, 0.3) is 0 Å². The Morgan fingerprint density at radius 2 is 0.959 bits per heavy atom. The van der Waals surface area contributed by atoms with E-state index >= 15 is 0 Å². The number of aliphatic hydroxyl groups excluding tert-OH is 1. The molecule has 0 aromatic rings. The van der Waals surface area contributed by atoms with E-state index in [4.69, 9.17) is 10.2 Å². The fourth-order valence-electron chi connectivity index (χ4n) is 5.36. The quantitative estimate of drug-likeness (QED) is 0.0350. The molecule has 0 aliphatic heterocycles. The summed E-state index contributed by atoms with van der Waals surface area (Å²) in [7, 11) is 2.18. The zero-order chi connectivity index (χ0) is 36.7. The van der Waals surface area contributed by atoms with Crippen molar-refractivity contribution in [2.75, 3.05) is 13.2 Å². The predicted octanol–water partition coefficient (Wildman–Crippen LogP) is 4.04. The van der Waals surface area contributed by atoms with Crippen molar-refractivity contribution in [3.63, 3.8) is 0 Å². The van der Waals surface area contributed by atoms with Gasteiger partial charge in [-0.15, -0.1) is 0 Å². The Kier molecular flexibility index (Phi) is 29.4. The number of carboxylic acid groups (broad SMARTS) is 3. The summed E-state index contributed by atoms with van der Waals surface area (Å²) in [6, 6.07) is -2.55. The zero-order valence-electron chi connectivity index (χ0n) is 29.2. The molecule has 4 atom stereocenters. The first-order valence-corrected chi connectivity index (χ1v) is 18.7. The number of aliphatic hydroxyl groups is 1. The van der Waals surface area contributed by atoms with Gasteiger partial charge in [0, 0.05) is 32.2 Å². The molecule has 3 amide bonds. The third-order valence-corrected chi connectivity index (χ3v) is 8.79. The summed E-state index contributed by atoms with van der Waals surface area (Å²) in [4.78, 5) is 70.0. The average Bonchev–Trinajstić information content (AvgIpc) is 3.05. The van der Waals surface area contributed by atoms with Crippen LogP contribution in [0.3, 0.4) is 0 Å². The Balaban J connectivity index is 3.99. The highest BCUT2D eigenvalue weighted by molar-refractivity contribution is 7.13. The maximum Gasteiger partial charge on any atom is 0.326 e. The van der Waals surface area contributed by atoms with Gasteiger partial charge < -0.3 is 36.4 Å². The van der Waals surface area contributed by atoms with Gasteiger partial charge in [-0.25, -0.2) is 4.79 Å². The summed E-state index contributed by atoms with van der Waals surface area (Å²) in [5, 5.41) is 47.2. The van der Waals surface area contributed by atoms with Gasteiger partial charge in [0.2, 0.25) is 17.7 Å². The van der Waals surface area contributed by atoms with E-state index in [1.54, 1.807) is 0 Å². The van der Waals surface area contributed by atoms with Gasteiger partial charge in [-0.3, -0.25) is 29.1 Å². The molecule has 0 aliphatic carbocycles. The van der Waals surface area contributed by atoms with Crippen molar-refractivity contribution in [2.45, 2.75) is 166 Å². The van der Waals surface area contributed by atoms with Gasteiger partial charge in [0.25, 0.3) is 0 Å². The Morgan fingerprint density at radius 1 is 0.490 bits per heavy atom. The lowest BCUT2D eigenvalue weighted by Crippen LogP contribution is -2.43. The number of hydrogen-bond donors (Lipinski definition) is 8. The molecule has 0 aromatic carbocycles. The number of rotatable bonds is 34. The molecule has 0 heterocycles. The minimum absolute atomic E-state index is 0.0606. The molecule has 0 radical (unpaired) electrons. The van der Waals surface area contributed by atoms with E-state index in [-0.39, 0.29) is 50.3 Å². The summed E-state index contributed by atoms with van der Waals surface area (Å²) in [5.74, 6) is -4.00. The fourth-order valence-corrected chi connectivity index (χ4v) is 5.67. The van der Waals surface area contributed by atoms with E-state index < -0.39 is 48.5 Å². The Hall–Kier alpha value is -2.83. The Labute approximate surface area is 294 Å². The molecule has 15 heteroatoms. The molecular weight excluding hydrogens is 655 g/mol. The van der Waals surface area contributed by atoms with Crippen LogP contribution in [0.1, 0.15) is 148 Å². The van der Waals surface area contributed by atoms with Crippen molar-refractivity contribution >= 4 is 45.0 Å². The van der Waals surface area contributed by atoms with Gasteiger partial charge in [0.15, 0.2) is 0 Å². The molecule has 0 fully saturated rings.